The summed E-state index contributed by atoms with van der Waals surface area (Å²) in [5, 5.41) is 14.3. The van der Waals surface area contributed by atoms with Gasteiger partial charge in [-0.05, 0) is 18.4 Å². The molecule has 0 unspecified atom stereocenters. The fourth-order valence-corrected chi connectivity index (χ4v) is 3.71. The molecule has 0 radical (unpaired) electrons. The van der Waals surface area contributed by atoms with Gasteiger partial charge in [-0.3, -0.25) is 9.80 Å². The summed E-state index contributed by atoms with van der Waals surface area (Å²) >= 11 is 1.61. The summed E-state index contributed by atoms with van der Waals surface area (Å²) in [5.41, 5.74) is 0. The lowest BCUT2D eigenvalue weighted by Crippen LogP contribution is -2.46. The maximum Gasteiger partial charge on any atom is 0.241 e. The minimum Gasteiger partial charge on any atom is -0.424 e. The zero-order valence-corrected chi connectivity index (χ0v) is 15.8. The van der Waals surface area contributed by atoms with Crippen LogP contribution in [-0.2, 0) is 13.0 Å². The number of thiophene rings is 1. The van der Waals surface area contributed by atoms with Gasteiger partial charge >= 0.3 is 0 Å². The van der Waals surface area contributed by atoms with Crippen molar-refractivity contribution >= 4 is 11.3 Å². The van der Waals surface area contributed by atoms with Crippen LogP contribution in [0.1, 0.15) is 37.6 Å². The second-order valence-electron chi connectivity index (χ2n) is 6.36. The molecule has 1 saturated heterocycles. The van der Waals surface area contributed by atoms with Crippen LogP contribution >= 0.6 is 11.3 Å². The van der Waals surface area contributed by atoms with Gasteiger partial charge in [0, 0.05) is 32.6 Å². The number of rotatable bonds is 6. The molecule has 9 heteroatoms. The predicted molar refractivity (Wildman–Crippen MR) is 96.6 cm³/mol. The standard InChI is InChI=1S/C17H22N6O2S/c1-3-14-19-20-17(24-14)12(2)23-8-6-22(7-9-23)11-15-18-16(21-25-15)13-5-4-10-26-13/h4-5,10,12H,3,6-9,11H2,1-2H3/t12-/m1/s1. The molecule has 0 amide bonds. The molecular formula is C17H22N6O2S. The first-order chi connectivity index (χ1) is 12.7. The average molecular weight is 374 g/mol. The van der Waals surface area contributed by atoms with E-state index in [0.29, 0.717) is 30.0 Å². The van der Waals surface area contributed by atoms with Gasteiger partial charge in [-0.25, -0.2) is 0 Å². The van der Waals surface area contributed by atoms with Crippen LogP contribution in [0.5, 0.6) is 0 Å². The van der Waals surface area contributed by atoms with Crippen molar-refractivity contribution < 1.29 is 8.94 Å². The fraction of sp³-hybridized carbons (Fsp3) is 0.529. The maximum absolute atomic E-state index is 5.70. The summed E-state index contributed by atoms with van der Waals surface area (Å²) in [6.07, 6.45) is 0.769. The van der Waals surface area contributed by atoms with E-state index in [1.54, 1.807) is 11.3 Å². The van der Waals surface area contributed by atoms with Gasteiger partial charge < -0.3 is 8.94 Å². The molecule has 0 aromatic carbocycles. The van der Waals surface area contributed by atoms with Crippen molar-refractivity contribution in [3.8, 4) is 10.7 Å². The second kappa shape index (κ2) is 7.65. The van der Waals surface area contributed by atoms with Crippen molar-refractivity contribution in [2.45, 2.75) is 32.9 Å². The average Bonchev–Trinajstić information content (AvgIpc) is 3.42. The molecule has 3 aromatic rings. The Morgan fingerprint density at radius 3 is 2.73 bits per heavy atom. The molecule has 26 heavy (non-hydrogen) atoms. The Balaban J connectivity index is 1.31. The van der Waals surface area contributed by atoms with Crippen LogP contribution in [0, 0.1) is 0 Å². The number of aryl methyl sites for hydroxylation is 1. The van der Waals surface area contributed by atoms with Gasteiger partial charge in [0.2, 0.25) is 23.5 Å². The summed E-state index contributed by atoms with van der Waals surface area (Å²) in [4.78, 5) is 10.2. The third kappa shape index (κ3) is 3.69. The first kappa shape index (κ1) is 17.3. The van der Waals surface area contributed by atoms with Gasteiger partial charge in [-0.15, -0.1) is 21.5 Å². The van der Waals surface area contributed by atoms with E-state index in [1.807, 2.05) is 24.4 Å². The van der Waals surface area contributed by atoms with Crippen molar-refractivity contribution in [3.05, 3.63) is 35.2 Å². The summed E-state index contributed by atoms with van der Waals surface area (Å²) in [7, 11) is 0. The summed E-state index contributed by atoms with van der Waals surface area (Å²) in [6.45, 7) is 8.58. The molecule has 0 spiro atoms. The molecule has 1 aliphatic heterocycles. The molecule has 1 atom stereocenters. The molecule has 0 aliphatic carbocycles. The quantitative estimate of drug-likeness (QED) is 0.651. The molecule has 4 heterocycles. The zero-order valence-electron chi connectivity index (χ0n) is 15.0. The van der Waals surface area contributed by atoms with Crippen LogP contribution in [-0.4, -0.2) is 56.3 Å². The Hall–Kier alpha value is -2.10. The van der Waals surface area contributed by atoms with Crippen molar-refractivity contribution in [2.75, 3.05) is 26.2 Å². The Labute approximate surface area is 155 Å². The molecule has 1 fully saturated rings. The van der Waals surface area contributed by atoms with E-state index in [9.17, 15) is 0 Å². The number of piperazine rings is 1. The molecule has 138 valence electrons. The zero-order chi connectivity index (χ0) is 17.9. The highest BCUT2D eigenvalue weighted by Gasteiger charge is 2.26. The van der Waals surface area contributed by atoms with E-state index in [0.717, 1.165) is 37.5 Å². The number of nitrogens with zero attached hydrogens (tertiary/aromatic N) is 6. The Kier molecular flexibility index (Phi) is 5.09. The maximum atomic E-state index is 5.70. The lowest BCUT2D eigenvalue weighted by Gasteiger charge is -2.36. The van der Waals surface area contributed by atoms with E-state index >= 15 is 0 Å². The smallest absolute Gasteiger partial charge is 0.241 e. The van der Waals surface area contributed by atoms with Gasteiger partial charge in [-0.2, -0.15) is 4.98 Å². The number of hydrogen-bond donors (Lipinski definition) is 0. The van der Waals surface area contributed by atoms with E-state index in [1.165, 1.54) is 0 Å². The van der Waals surface area contributed by atoms with Gasteiger partial charge in [0.25, 0.3) is 0 Å². The Morgan fingerprint density at radius 2 is 2.04 bits per heavy atom. The highest BCUT2D eigenvalue weighted by Crippen LogP contribution is 2.23. The molecule has 3 aromatic heterocycles. The topological polar surface area (TPSA) is 84.3 Å². The minimum absolute atomic E-state index is 0.138. The van der Waals surface area contributed by atoms with Crippen LogP contribution < -0.4 is 0 Å². The Morgan fingerprint density at radius 1 is 1.19 bits per heavy atom. The van der Waals surface area contributed by atoms with Gasteiger partial charge in [0.1, 0.15) is 0 Å². The van der Waals surface area contributed by atoms with Gasteiger partial charge in [0.15, 0.2) is 0 Å². The lowest BCUT2D eigenvalue weighted by molar-refractivity contribution is 0.0806. The fourth-order valence-electron chi connectivity index (χ4n) is 3.06. The summed E-state index contributed by atoms with van der Waals surface area (Å²) in [6, 6.07) is 4.13. The van der Waals surface area contributed by atoms with Crippen molar-refractivity contribution in [2.24, 2.45) is 0 Å². The SMILES string of the molecule is CCc1nnc([C@@H](C)N2CCN(Cc3nc(-c4cccs4)no3)CC2)o1. The minimum atomic E-state index is 0.138. The molecule has 4 rings (SSSR count). The monoisotopic (exact) mass is 374 g/mol. The molecular weight excluding hydrogens is 352 g/mol. The van der Waals surface area contributed by atoms with E-state index in [-0.39, 0.29) is 6.04 Å². The lowest BCUT2D eigenvalue weighted by atomic mass is 10.2. The summed E-state index contributed by atoms with van der Waals surface area (Å²) < 4.78 is 11.1. The Bertz CT molecular complexity index is 822. The van der Waals surface area contributed by atoms with Crippen LogP contribution in [0.2, 0.25) is 0 Å². The van der Waals surface area contributed by atoms with Crippen LogP contribution in [0.3, 0.4) is 0 Å². The molecule has 0 N–H and O–H groups in total. The van der Waals surface area contributed by atoms with Crippen molar-refractivity contribution in [1.29, 1.82) is 0 Å². The highest BCUT2D eigenvalue weighted by atomic mass is 32.1. The predicted octanol–water partition coefficient (Wildman–Crippen LogP) is 2.62. The number of hydrogen-bond acceptors (Lipinski definition) is 9. The van der Waals surface area contributed by atoms with Gasteiger partial charge in [-0.1, -0.05) is 18.1 Å². The molecule has 1 aliphatic rings. The first-order valence-corrected chi connectivity index (χ1v) is 9.76. The van der Waals surface area contributed by atoms with E-state index < -0.39 is 0 Å². The largest absolute Gasteiger partial charge is 0.424 e. The first-order valence-electron chi connectivity index (χ1n) is 8.88. The van der Waals surface area contributed by atoms with Crippen molar-refractivity contribution in [3.63, 3.8) is 0 Å². The molecule has 8 nitrogen and oxygen atoms in total. The van der Waals surface area contributed by atoms with Crippen LogP contribution in [0.4, 0.5) is 0 Å². The third-order valence-electron chi connectivity index (χ3n) is 4.67. The van der Waals surface area contributed by atoms with E-state index in [2.05, 4.69) is 37.1 Å². The molecule has 0 bridgehead atoms. The van der Waals surface area contributed by atoms with Crippen LogP contribution in [0.25, 0.3) is 10.7 Å². The molecule has 0 saturated carbocycles. The third-order valence-corrected chi connectivity index (χ3v) is 5.53. The number of aromatic nitrogens is 4. The highest BCUT2D eigenvalue weighted by molar-refractivity contribution is 7.13. The van der Waals surface area contributed by atoms with Gasteiger partial charge in [0.05, 0.1) is 17.5 Å². The summed E-state index contributed by atoms with van der Waals surface area (Å²) in [5.74, 6) is 2.74. The van der Waals surface area contributed by atoms with E-state index in [4.69, 9.17) is 8.94 Å². The second-order valence-corrected chi connectivity index (χ2v) is 7.31. The van der Waals surface area contributed by atoms with Crippen LogP contribution in [0.15, 0.2) is 26.5 Å². The normalized spacial score (nSPS) is 17.6. The van der Waals surface area contributed by atoms with Crippen molar-refractivity contribution in [1.82, 2.24) is 30.1 Å².